The number of para-hydroxylation sites is 1. The van der Waals surface area contributed by atoms with Crippen LogP contribution in [0.15, 0.2) is 30.5 Å². The fourth-order valence-electron chi connectivity index (χ4n) is 2.52. The summed E-state index contributed by atoms with van der Waals surface area (Å²) in [6.07, 6.45) is 1.72. The highest BCUT2D eigenvalue weighted by atomic mass is 16.4. The fourth-order valence-corrected chi connectivity index (χ4v) is 2.52. The Morgan fingerprint density at radius 3 is 2.60 bits per heavy atom. The first-order valence-corrected chi connectivity index (χ1v) is 7.75. The molecule has 1 aromatic heterocycles. The monoisotopic (exact) mass is 347 g/mol. The number of fused-ring (bicyclic) bond motifs is 1. The molecule has 0 aliphatic heterocycles. The molecule has 0 aliphatic carbocycles. The number of nitrogens with one attached hydrogen (secondary N) is 3. The molecule has 134 valence electrons. The van der Waals surface area contributed by atoms with Crippen molar-refractivity contribution in [3.63, 3.8) is 0 Å². The number of benzene rings is 1. The maximum atomic E-state index is 12.1. The van der Waals surface area contributed by atoms with Gasteiger partial charge in [-0.05, 0) is 18.1 Å². The van der Waals surface area contributed by atoms with Crippen molar-refractivity contribution < 1.29 is 19.5 Å². The van der Waals surface area contributed by atoms with E-state index in [1.807, 2.05) is 29.7 Å². The minimum atomic E-state index is -1.04. The topological polar surface area (TPSA) is 163 Å². The Bertz CT molecular complexity index is 773. The van der Waals surface area contributed by atoms with Crippen molar-refractivity contribution in [2.24, 2.45) is 11.6 Å². The maximum absolute atomic E-state index is 12.1. The molecule has 1 aromatic carbocycles. The summed E-state index contributed by atoms with van der Waals surface area (Å²) >= 11 is 0. The van der Waals surface area contributed by atoms with Crippen LogP contribution in [0.1, 0.15) is 18.4 Å². The van der Waals surface area contributed by atoms with E-state index in [0.717, 1.165) is 16.5 Å². The van der Waals surface area contributed by atoms with Crippen molar-refractivity contribution in [3.8, 4) is 0 Å². The van der Waals surface area contributed by atoms with Crippen LogP contribution in [-0.4, -0.2) is 40.0 Å². The predicted molar refractivity (Wildman–Crippen MR) is 91.1 cm³/mol. The van der Waals surface area contributed by atoms with Gasteiger partial charge in [0, 0.05) is 29.9 Å². The Labute approximate surface area is 143 Å². The number of carbonyl (C=O) groups excluding carboxylic acids is 2. The number of nitrogens with two attached hydrogens (primary N) is 2. The average Bonchev–Trinajstić information content (AvgIpc) is 3.01. The zero-order valence-corrected chi connectivity index (χ0v) is 13.5. The van der Waals surface area contributed by atoms with Crippen molar-refractivity contribution in [1.82, 2.24) is 15.7 Å². The third kappa shape index (κ3) is 4.78. The van der Waals surface area contributed by atoms with Crippen LogP contribution in [0.3, 0.4) is 0 Å². The first-order valence-electron chi connectivity index (χ1n) is 7.75. The van der Waals surface area contributed by atoms with Gasteiger partial charge in [-0.15, -0.1) is 0 Å². The van der Waals surface area contributed by atoms with Gasteiger partial charge in [-0.3, -0.25) is 19.8 Å². The Kier molecular flexibility index (Phi) is 6.09. The first kappa shape index (κ1) is 18.4. The van der Waals surface area contributed by atoms with Gasteiger partial charge < -0.3 is 21.1 Å². The number of H-pyrrole nitrogens is 1. The molecule has 0 bridgehead atoms. The molecule has 0 aliphatic rings. The van der Waals surface area contributed by atoms with Crippen LogP contribution >= 0.6 is 0 Å². The van der Waals surface area contributed by atoms with E-state index in [1.165, 1.54) is 0 Å². The van der Waals surface area contributed by atoms with E-state index in [-0.39, 0.29) is 19.3 Å². The third-order valence-electron chi connectivity index (χ3n) is 3.88. The van der Waals surface area contributed by atoms with Gasteiger partial charge in [0.25, 0.3) is 5.91 Å². The molecule has 2 atom stereocenters. The van der Waals surface area contributed by atoms with Crippen LogP contribution in [0.25, 0.3) is 10.9 Å². The number of carbonyl (C=O) groups is 3. The maximum Gasteiger partial charge on any atom is 0.303 e. The molecule has 2 aromatic rings. The lowest BCUT2D eigenvalue weighted by Gasteiger charge is -2.19. The lowest BCUT2D eigenvalue weighted by Crippen LogP contribution is -2.53. The number of hydrazine groups is 1. The molecule has 0 unspecified atom stereocenters. The predicted octanol–water partition coefficient (Wildman–Crippen LogP) is -0.623. The van der Waals surface area contributed by atoms with Gasteiger partial charge >= 0.3 is 5.97 Å². The second-order valence-corrected chi connectivity index (χ2v) is 5.67. The summed E-state index contributed by atoms with van der Waals surface area (Å²) in [4.78, 5) is 37.8. The van der Waals surface area contributed by atoms with Gasteiger partial charge in [0.2, 0.25) is 5.91 Å². The number of hydrogen-bond acceptors (Lipinski definition) is 5. The zero-order chi connectivity index (χ0) is 18.4. The number of rotatable bonds is 8. The Hall–Kier alpha value is -2.91. The number of carboxylic acids is 1. The molecule has 2 amide bonds. The molecule has 2 rings (SSSR count). The highest BCUT2D eigenvalue weighted by molar-refractivity contribution is 5.91. The van der Waals surface area contributed by atoms with Crippen LogP contribution in [0.4, 0.5) is 0 Å². The van der Waals surface area contributed by atoms with Gasteiger partial charge in [0.15, 0.2) is 0 Å². The highest BCUT2D eigenvalue weighted by Gasteiger charge is 2.24. The average molecular weight is 347 g/mol. The SMILES string of the molecule is NNC(=O)[C@H](Cc1c[nH]c2ccccc12)NC(=O)[C@@H](N)CCC(=O)O. The molecule has 9 nitrogen and oxygen atoms in total. The molecule has 0 fully saturated rings. The second-order valence-electron chi connectivity index (χ2n) is 5.67. The second kappa shape index (κ2) is 8.27. The molecular weight excluding hydrogens is 326 g/mol. The lowest BCUT2D eigenvalue weighted by molar-refractivity contribution is -0.137. The summed E-state index contributed by atoms with van der Waals surface area (Å²) in [6.45, 7) is 0. The fraction of sp³-hybridized carbons (Fsp3) is 0.312. The lowest BCUT2D eigenvalue weighted by atomic mass is 10.0. The normalized spacial score (nSPS) is 13.2. The molecular formula is C16H21N5O4. The van der Waals surface area contributed by atoms with E-state index in [9.17, 15) is 14.4 Å². The molecule has 25 heavy (non-hydrogen) atoms. The Morgan fingerprint density at radius 1 is 1.20 bits per heavy atom. The van der Waals surface area contributed by atoms with Crippen LogP contribution in [0.5, 0.6) is 0 Å². The van der Waals surface area contributed by atoms with E-state index in [2.05, 4.69) is 10.3 Å². The summed E-state index contributed by atoms with van der Waals surface area (Å²) in [6, 6.07) is 5.62. The Balaban J connectivity index is 2.10. The minimum absolute atomic E-state index is 0.0226. The third-order valence-corrected chi connectivity index (χ3v) is 3.88. The van der Waals surface area contributed by atoms with Crippen molar-refractivity contribution >= 4 is 28.7 Å². The van der Waals surface area contributed by atoms with Crippen LogP contribution in [0.2, 0.25) is 0 Å². The molecule has 0 radical (unpaired) electrons. The van der Waals surface area contributed by atoms with Gasteiger partial charge in [-0.1, -0.05) is 18.2 Å². The zero-order valence-electron chi connectivity index (χ0n) is 13.5. The van der Waals surface area contributed by atoms with Gasteiger partial charge in [-0.25, -0.2) is 5.84 Å². The number of hydrogen-bond donors (Lipinski definition) is 6. The molecule has 0 saturated heterocycles. The molecule has 0 saturated carbocycles. The smallest absolute Gasteiger partial charge is 0.303 e. The van der Waals surface area contributed by atoms with E-state index in [0.29, 0.717) is 0 Å². The number of aliphatic carboxylic acids is 1. The van der Waals surface area contributed by atoms with Crippen LogP contribution in [0, 0.1) is 0 Å². The van der Waals surface area contributed by atoms with Gasteiger partial charge in [-0.2, -0.15) is 0 Å². The first-order chi connectivity index (χ1) is 11.9. The Morgan fingerprint density at radius 2 is 1.92 bits per heavy atom. The summed E-state index contributed by atoms with van der Waals surface area (Å²) in [7, 11) is 0. The van der Waals surface area contributed by atoms with Crippen LogP contribution in [-0.2, 0) is 20.8 Å². The van der Waals surface area contributed by atoms with E-state index >= 15 is 0 Å². The van der Waals surface area contributed by atoms with Crippen molar-refractivity contribution in [3.05, 3.63) is 36.0 Å². The molecule has 1 heterocycles. The van der Waals surface area contributed by atoms with E-state index < -0.39 is 29.9 Å². The van der Waals surface area contributed by atoms with Crippen molar-refractivity contribution in [2.75, 3.05) is 0 Å². The number of amides is 2. The van der Waals surface area contributed by atoms with Crippen molar-refractivity contribution in [1.29, 1.82) is 0 Å². The molecule has 9 heteroatoms. The van der Waals surface area contributed by atoms with E-state index in [4.69, 9.17) is 16.7 Å². The van der Waals surface area contributed by atoms with E-state index in [1.54, 1.807) is 6.20 Å². The van der Waals surface area contributed by atoms with Gasteiger partial charge in [0.1, 0.15) is 6.04 Å². The summed E-state index contributed by atoms with van der Waals surface area (Å²) in [5, 5.41) is 12.1. The standard InChI is InChI=1S/C16H21N5O4/c17-11(5-6-14(22)23)15(24)20-13(16(25)21-18)7-9-8-19-12-4-2-1-3-10(9)12/h1-4,8,11,13,19H,5-7,17-18H2,(H,20,24)(H,21,25)(H,22,23)/t11-,13-/m0/s1. The summed E-state index contributed by atoms with van der Waals surface area (Å²) in [5.41, 5.74) is 9.44. The highest BCUT2D eigenvalue weighted by Crippen LogP contribution is 2.19. The van der Waals surface area contributed by atoms with Crippen LogP contribution < -0.4 is 22.3 Å². The summed E-state index contributed by atoms with van der Waals surface area (Å²) < 4.78 is 0. The number of aromatic amines is 1. The number of aromatic nitrogens is 1. The summed E-state index contributed by atoms with van der Waals surface area (Å²) in [5.74, 6) is 2.99. The number of carboxylic acid groups (broad SMARTS) is 1. The largest absolute Gasteiger partial charge is 0.481 e. The van der Waals surface area contributed by atoms with Crippen molar-refractivity contribution in [2.45, 2.75) is 31.3 Å². The molecule has 8 N–H and O–H groups in total. The quantitative estimate of drug-likeness (QED) is 0.212. The molecule has 0 spiro atoms. The minimum Gasteiger partial charge on any atom is -0.481 e. The van der Waals surface area contributed by atoms with Gasteiger partial charge in [0.05, 0.1) is 6.04 Å².